The van der Waals surface area contributed by atoms with Gasteiger partial charge in [0.15, 0.2) is 11.5 Å². The summed E-state index contributed by atoms with van der Waals surface area (Å²) in [6, 6.07) is 20.0. The molecule has 0 aromatic heterocycles. The lowest BCUT2D eigenvalue weighted by molar-refractivity contribution is 0.0506. The van der Waals surface area contributed by atoms with Crippen molar-refractivity contribution in [3.8, 4) is 11.5 Å². The Morgan fingerprint density at radius 3 is 2.51 bits per heavy atom. The van der Waals surface area contributed by atoms with Crippen LogP contribution in [0.2, 0.25) is 0 Å². The van der Waals surface area contributed by atoms with Gasteiger partial charge in [-0.3, -0.25) is 4.79 Å². The molecule has 1 aliphatic carbocycles. The van der Waals surface area contributed by atoms with E-state index in [-0.39, 0.29) is 18.1 Å². The van der Waals surface area contributed by atoms with E-state index in [9.17, 15) is 9.18 Å². The first-order valence-electron chi connectivity index (χ1n) is 12.2. The molecule has 2 aliphatic rings. The summed E-state index contributed by atoms with van der Waals surface area (Å²) in [4.78, 5) is 15.0. The van der Waals surface area contributed by atoms with E-state index in [0.717, 1.165) is 31.2 Å². The van der Waals surface area contributed by atoms with Crippen molar-refractivity contribution in [2.75, 3.05) is 20.3 Å². The topological polar surface area (TPSA) is 48.0 Å². The van der Waals surface area contributed by atoms with Gasteiger partial charge >= 0.3 is 0 Å². The van der Waals surface area contributed by atoms with Gasteiger partial charge in [-0.05, 0) is 59.9 Å². The highest BCUT2D eigenvalue weighted by Gasteiger charge is 2.26. The van der Waals surface area contributed by atoms with E-state index in [4.69, 9.17) is 14.2 Å². The van der Waals surface area contributed by atoms with Gasteiger partial charge in [-0.1, -0.05) is 36.4 Å². The Bertz CT molecular complexity index is 1170. The van der Waals surface area contributed by atoms with Crippen molar-refractivity contribution in [2.24, 2.45) is 0 Å². The molecule has 1 saturated heterocycles. The summed E-state index contributed by atoms with van der Waals surface area (Å²) in [6.45, 7) is 1.52. The minimum atomic E-state index is -0.426. The fourth-order valence-electron chi connectivity index (χ4n) is 4.97. The quantitative estimate of drug-likeness (QED) is 0.449. The first kappa shape index (κ1) is 23.4. The molecule has 3 aromatic rings. The Kier molecular flexibility index (Phi) is 7.00. The van der Waals surface area contributed by atoms with Crippen LogP contribution in [0.3, 0.4) is 0 Å². The van der Waals surface area contributed by atoms with E-state index in [1.54, 1.807) is 24.1 Å². The van der Waals surface area contributed by atoms with E-state index in [2.05, 4.69) is 24.3 Å². The summed E-state index contributed by atoms with van der Waals surface area (Å²) < 4.78 is 31.5. The molecular weight excluding hydrogens is 445 g/mol. The summed E-state index contributed by atoms with van der Waals surface area (Å²) in [5, 5.41) is 0. The second kappa shape index (κ2) is 10.5. The average molecular weight is 476 g/mol. The molecule has 0 radical (unpaired) electrons. The van der Waals surface area contributed by atoms with E-state index < -0.39 is 5.82 Å². The van der Waals surface area contributed by atoms with Crippen LogP contribution in [0.5, 0.6) is 11.5 Å². The van der Waals surface area contributed by atoms with Crippen LogP contribution < -0.4 is 9.47 Å². The van der Waals surface area contributed by atoms with Crippen LogP contribution in [-0.2, 0) is 24.1 Å². The predicted molar refractivity (Wildman–Crippen MR) is 131 cm³/mol. The van der Waals surface area contributed by atoms with Gasteiger partial charge in [0.05, 0.1) is 13.2 Å². The Morgan fingerprint density at radius 1 is 1.03 bits per heavy atom. The number of nitrogens with zero attached hydrogens (tertiary/aromatic N) is 1. The summed E-state index contributed by atoms with van der Waals surface area (Å²) in [7, 11) is 1.62. The van der Waals surface area contributed by atoms with Crippen molar-refractivity contribution >= 4 is 5.91 Å². The number of methoxy groups -OCH3 is 1. The number of hydrogen-bond acceptors (Lipinski definition) is 4. The standard InChI is InChI=1S/C29H30FNO4/c1-33-28-14-20(11-12-27(28)35-26-16-21-6-2-3-7-22(21)17-26)18-31(19-25-10-5-13-34-25)29(32)23-8-4-9-24(30)15-23/h2-4,6-9,11-12,14-15,25-26H,5,10,13,16-19H2,1H3. The van der Waals surface area contributed by atoms with Gasteiger partial charge in [-0.15, -0.1) is 0 Å². The lowest BCUT2D eigenvalue weighted by atomic mass is 10.1. The Hall–Kier alpha value is -3.38. The number of halogens is 1. The van der Waals surface area contributed by atoms with E-state index in [1.807, 2.05) is 18.2 Å². The number of rotatable bonds is 8. The first-order valence-corrected chi connectivity index (χ1v) is 12.2. The van der Waals surface area contributed by atoms with Crippen LogP contribution in [-0.4, -0.2) is 43.3 Å². The number of carbonyl (C=O) groups is 1. The molecule has 0 bridgehead atoms. The summed E-state index contributed by atoms with van der Waals surface area (Å²) in [5.41, 5.74) is 3.89. The maximum atomic E-state index is 13.8. The molecule has 1 aliphatic heterocycles. The smallest absolute Gasteiger partial charge is 0.254 e. The second-order valence-electron chi connectivity index (χ2n) is 9.23. The van der Waals surface area contributed by atoms with Crippen LogP contribution in [0.25, 0.3) is 0 Å². The van der Waals surface area contributed by atoms with Gasteiger partial charge in [0.1, 0.15) is 11.9 Å². The maximum absolute atomic E-state index is 13.8. The molecule has 1 atom stereocenters. The highest BCUT2D eigenvalue weighted by molar-refractivity contribution is 5.94. The number of benzene rings is 3. The largest absolute Gasteiger partial charge is 0.493 e. The SMILES string of the molecule is COc1cc(CN(CC2CCCO2)C(=O)c2cccc(F)c2)ccc1OC1Cc2ccccc2C1. The zero-order valence-electron chi connectivity index (χ0n) is 19.9. The molecule has 1 amide bonds. The average Bonchev–Trinajstić information content (AvgIpc) is 3.53. The van der Waals surface area contributed by atoms with E-state index >= 15 is 0 Å². The molecule has 1 heterocycles. The molecule has 0 saturated carbocycles. The zero-order valence-corrected chi connectivity index (χ0v) is 19.9. The molecule has 0 N–H and O–H groups in total. The molecule has 6 heteroatoms. The summed E-state index contributed by atoms with van der Waals surface area (Å²) in [6.07, 6.45) is 3.69. The molecule has 0 spiro atoms. The van der Waals surface area contributed by atoms with Crippen LogP contribution >= 0.6 is 0 Å². The Balaban J connectivity index is 1.32. The fourth-order valence-corrected chi connectivity index (χ4v) is 4.97. The van der Waals surface area contributed by atoms with Gasteiger partial charge in [0.25, 0.3) is 5.91 Å². The number of fused-ring (bicyclic) bond motifs is 1. The minimum absolute atomic E-state index is 0.0130. The van der Waals surface area contributed by atoms with Crippen molar-refractivity contribution in [3.05, 3.63) is 94.8 Å². The van der Waals surface area contributed by atoms with Gasteiger partial charge in [-0.25, -0.2) is 4.39 Å². The zero-order chi connectivity index (χ0) is 24.2. The molecular formula is C29H30FNO4. The summed E-state index contributed by atoms with van der Waals surface area (Å²) in [5.74, 6) is 0.679. The van der Waals surface area contributed by atoms with Crippen molar-refractivity contribution in [2.45, 2.75) is 44.4 Å². The monoisotopic (exact) mass is 475 g/mol. The van der Waals surface area contributed by atoms with Crippen LogP contribution in [0.1, 0.15) is 39.9 Å². The molecule has 5 nitrogen and oxygen atoms in total. The van der Waals surface area contributed by atoms with Crippen molar-refractivity contribution in [3.63, 3.8) is 0 Å². The van der Waals surface area contributed by atoms with Crippen molar-refractivity contribution in [1.82, 2.24) is 4.90 Å². The van der Waals surface area contributed by atoms with Gasteiger partial charge in [-0.2, -0.15) is 0 Å². The lowest BCUT2D eigenvalue weighted by Gasteiger charge is -2.26. The van der Waals surface area contributed by atoms with Crippen LogP contribution in [0.15, 0.2) is 66.7 Å². The van der Waals surface area contributed by atoms with Crippen LogP contribution in [0.4, 0.5) is 4.39 Å². The molecule has 3 aromatic carbocycles. The molecule has 1 fully saturated rings. The lowest BCUT2D eigenvalue weighted by Crippen LogP contribution is -2.37. The number of carbonyl (C=O) groups excluding carboxylic acids is 1. The number of hydrogen-bond donors (Lipinski definition) is 0. The second-order valence-corrected chi connectivity index (χ2v) is 9.23. The van der Waals surface area contributed by atoms with Crippen LogP contribution in [0, 0.1) is 5.82 Å². The number of amides is 1. The maximum Gasteiger partial charge on any atom is 0.254 e. The summed E-state index contributed by atoms with van der Waals surface area (Å²) >= 11 is 0. The third-order valence-corrected chi connectivity index (χ3v) is 6.72. The Morgan fingerprint density at radius 2 is 1.83 bits per heavy atom. The van der Waals surface area contributed by atoms with Gasteiger partial charge < -0.3 is 19.1 Å². The highest BCUT2D eigenvalue weighted by atomic mass is 19.1. The van der Waals surface area contributed by atoms with Crippen molar-refractivity contribution in [1.29, 1.82) is 0 Å². The Labute approximate surface area is 205 Å². The van der Waals surface area contributed by atoms with Gasteiger partial charge in [0, 0.05) is 38.1 Å². The van der Waals surface area contributed by atoms with Crippen molar-refractivity contribution < 1.29 is 23.4 Å². The third kappa shape index (κ3) is 5.49. The molecule has 182 valence electrons. The molecule has 35 heavy (non-hydrogen) atoms. The molecule has 5 rings (SSSR count). The highest BCUT2D eigenvalue weighted by Crippen LogP contribution is 2.33. The molecule has 1 unspecified atom stereocenters. The minimum Gasteiger partial charge on any atom is -0.493 e. The number of ether oxygens (including phenoxy) is 3. The first-order chi connectivity index (χ1) is 17.1. The predicted octanol–water partition coefficient (Wildman–Crippen LogP) is 5.20. The van der Waals surface area contributed by atoms with E-state index in [0.29, 0.717) is 36.8 Å². The van der Waals surface area contributed by atoms with Gasteiger partial charge in [0.2, 0.25) is 0 Å². The third-order valence-electron chi connectivity index (χ3n) is 6.72. The van der Waals surface area contributed by atoms with E-state index in [1.165, 1.54) is 23.3 Å². The fraction of sp³-hybridized carbons (Fsp3) is 0.345. The normalized spacial score (nSPS) is 17.3.